The van der Waals surface area contributed by atoms with E-state index in [1.807, 2.05) is 0 Å². The maximum atomic E-state index is 10.5. The van der Waals surface area contributed by atoms with E-state index in [1.54, 1.807) is 0 Å². The molecule has 0 atom stereocenters. The Hall–Kier alpha value is -1.30. The van der Waals surface area contributed by atoms with Gasteiger partial charge in [-0.15, -0.1) is 0 Å². The molecule has 2 heterocycles. The molecule has 0 amide bonds. The van der Waals surface area contributed by atoms with Crippen LogP contribution in [0.4, 0.5) is 0 Å². The number of fused-ring (bicyclic) bond motifs is 1. The number of hydrogen-bond acceptors (Lipinski definition) is 2. The van der Waals surface area contributed by atoms with Gasteiger partial charge in [0.15, 0.2) is 5.65 Å². The van der Waals surface area contributed by atoms with E-state index in [1.165, 1.54) is 6.07 Å². The molecule has 6 heteroatoms. The quantitative estimate of drug-likeness (QED) is 0.691. The molecule has 0 radical (unpaired) electrons. The van der Waals surface area contributed by atoms with Crippen LogP contribution in [0.3, 0.4) is 0 Å². The molecule has 0 aromatic carbocycles. The van der Waals surface area contributed by atoms with Crippen molar-refractivity contribution in [3.8, 4) is 0 Å². The molecule has 0 unspecified atom stereocenters. The number of nitrogens with one attached hydrogen (secondary N) is 2. The van der Waals surface area contributed by atoms with Gasteiger partial charge in [0.2, 0.25) is 0 Å². The minimum atomic E-state index is -0.986. The van der Waals surface area contributed by atoms with Crippen molar-refractivity contribution in [1.29, 1.82) is 0 Å². The molecule has 0 saturated heterocycles. The minimum Gasteiger partial charge on any atom is -0.477 e. The van der Waals surface area contributed by atoms with E-state index in [2.05, 4.69) is 31.1 Å². The highest BCUT2D eigenvalue weighted by molar-refractivity contribution is 9.10. The third-order valence-electron chi connectivity index (χ3n) is 1.53. The highest BCUT2D eigenvalue weighted by atomic mass is 79.9. The first kappa shape index (κ1) is 7.35. The number of nitrogens with zero attached hydrogens (tertiary/aromatic N) is 1. The van der Waals surface area contributed by atoms with Crippen molar-refractivity contribution in [2.24, 2.45) is 0 Å². The fourth-order valence-electron chi connectivity index (χ4n) is 0.980. The van der Waals surface area contributed by atoms with E-state index < -0.39 is 5.97 Å². The molecule has 5 nitrogen and oxygen atoms in total. The van der Waals surface area contributed by atoms with Gasteiger partial charge >= 0.3 is 5.97 Å². The maximum absolute atomic E-state index is 10.5. The highest BCUT2D eigenvalue weighted by Gasteiger charge is 2.10. The van der Waals surface area contributed by atoms with Gasteiger partial charge in [0.05, 0.1) is 5.39 Å². The van der Waals surface area contributed by atoms with Crippen molar-refractivity contribution in [2.75, 3.05) is 0 Å². The molecule has 0 aliphatic heterocycles. The first-order valence-corrected chi connectivity index (χ1v) is 3.93. The number of H-pyrrole nitrogens is 2. The number of carboxylic acid groups (broad SMARTS) is 1. The first-order valence-electron chi connectivity index (χ1n) is 3.14. The summed E-state index contributed by atoms with van der Waals surface area (Å²) in [6.45, 7) is 0. The van der Waals surface area contributed by atoms with Crippen LogP contribution in [0.15, 0.2) is 10.7 Å². The number of rotatable bonds is 1. The van der Waals surface area contributed by atoms with Crippen LogP contribution in [-0.4, -0.2) is 26.3 Å². The van der Waals surface area contributed by atoms with Gasteiger partial charge in [0.25, 0.3) is 0 Å². The van der Waals surface area contributed by atoms with Crippen molar-refractivity contribution in [3.63, 3.8) is 0 Å². The van der Waals surface area contributed by atoms with Gasteiger partial charge in [-0.1, -0.05) is 0 Å². The van der Waals surface area contributed by atoms with Crippen LogP contribution in [0.25, 0.3) is 11.0 Å². The smallest absolute Gasteiger partial charge is 0.352 e. The lowest BCUT2D eigenvalue weighted by molar-refractivity contribution is 0.0691. The number of aromatic carboxylic acids is 1. The molecule has 62 valence electrons. The molecule has 0 aliphatic carbocycles. The monoisotopic (exact) mass is 229 g/mol. The zero-order valence-electron chi connectivity index (χ0n) is 5.76. The van der Waals surface area contributed by atoms with E-state index in [9.17, 15) is 4.79 Å². The standard InChI is InChI=1S/C6H4BrN3O2/c7-4-2-1-3(6(11)12)8-5(2)10-9-4/h1H,(H,11,12)(H2,8,9,10). The summed E-state index contributed by atoms with van der Waals surface area (Å²) in [5.41, 5.74) is 0.682. The van der Waals surface area contributed by atoms with Gasteiger partial charge in [-0.05, 0) is 22.0 Å². The first-order chi connectivity index (χ1) is 5.68. The number of carbonyl (C=O) groups is 1. The molecule has 3 N–H and O–H groups in total. The Bertz CT molecular complexity index is 445. The van der Waals surface area contributed by atoms with Gasteiger partial charge < -0.3 is 10.1 Å². The Labute approximate surface area is 74.9 Å². The summed E-state index contributed by atoms with van der Waals surface area (Å²) >= 11 is 3.20. The summed E-state index contributed by atoms with van der Waals surface area (Å²) < 4.78 is 0.682. The third-order valence-corrected chi connectivity index (χ3v) is 2.13. The Balaban J connectivity index is 2.70. The summed E-state index contributed by atoms with van der Waals surface area (Å²) in [6, 6.07) is 1.52. The zero-order chi connectivity index (χ0) is 8.72. The Kier molecular flexibility index (Phi) is 1.44. The highest BCUT2D eigenvalue weighted by Crippen LogP contribution is 2.21. The van der Waals surface area contributed by atoms with Crippen LogP contribution in [0.1, 0.15) is 10.5 Å². The summed E-state index contributed by atoms with van der Waals surface area (Å²) in [5, 5.41) is 15.8. The Morgan fingerprint density at radius 3 is 3.00 bits per heavy atom. The molecule has 0 bridgehead atoms. The molecule has 0 aliphatic rings. The van der Waals surface area contributed by atoms with Crippen LogP contribution in [-0.2, 0) is 0 Å². The normalized spacial score (nSPS) is 10.8. The maximum Gasteiger partial charge on any atom is 0.352 e. The fourth-order valence-corrected chi connectivity index (χ4v) is 1.37. The predicted octanol–water partition coefficient (Wildman–Crippen LogP) is 1.35. The van der Waals surface area contributed by atoms with Crippen molar-refractivity contribution >= 4 is 32.9 Å². The summed E-state index contributed by atoms with van der Waals surface area (Å²) in [7, 11) is 0. The van der Waals surface area contributed by atoms with Gasteiger partial charge in [-0.2, -0.15) is 5.10 Å². The van der Waals surface area contributed by atoms with E-state index in [-0.39, 0.29) is 5.69 Å². The second kappa shape index (κ2) is 2.34. The molecular formula is C6H4BrN3O2. The summed E-state index contributed by atoms with van der Waals surface area (Å²) in [6.07, 6.45) is 0. The van der Waals surface area contributed by atoms with Crippen LogP contribution in [0.5, 0.6) is 0 Å². The molecule has 2 aromatic heterocycles. The molecule has 2 rings (SSSR count). The van der Waals surface area contributed by atoms with Gasteiger partial charge in [-0.25, -0.2) is 4.79 Å². The van der Waals surface area contributed by atoms with E-state index in [4.69, 9.17) is 5.11 Å². The number of aromatic nitrogens is 3. The summed E-state index contributed by atoms with van der Waals surface area (Å²) in [4.78, 5) is 13.1. The predicted molar refractivity (Wildman–Crippen MR) is 45.1 cm³/mol. The van der Waals surface area contributed by atoms with Crippen molar-refractivity contribution in [2.45, 2.75) is 0 Å². The van der Waals surface area contributed by atoms with Crippen LogP contribution >= 0.6 is 15.9 Å². The molecule has 0 spiro atoms. The van der Waals surface area contributed by atoms with E-state index in [0.717, 1.165) is 5.39 Å². The molecular weight excluding hydrogens is 226 g/mol. The molecule has 2 aromatic rings. The zero-order valence-corrected chi connectivity index (χ0v) is 7.34. The minimum absolute atomic E-state index is 0.141. The Morgan fingerprint density at radius 1 is 1.67 bits per heavy atom. The van der Waals surface area contributed by atoms with Crippen LogP contribution < -0.4 is 0 Å². The average molecular weight is 230 g/mol. The molecule has 0 saturated carbocycles. The lowest BCUT2D eigenvalue weighted by atomic mass is 10.4. The molecule has 0 fully saturated rings. The van der Waals surface area contributed by atoms with Crippen molar-refractivity contribution < 1.29 is 9.90 Å². The second-order valence-electron chi connectivity index (χ2n) is 2.29. The lowest BCUT2D eigenvalue weighted by Gasteiger charge is -1.83. The summed E-state index contributed by atoms with van der Waals surface area (Å²) in [5.74, 6) is -0.986. The van der Waals surface area contributed by atoms with Gasteiger partial charge in [-0.3, -0.25) is 5.10 Å². The number of aromatic amines is 2. The Morgan fingerprint density at radius 2 is 2.42 bits per heavy atom. The third kappa shape index (κ3) is 0.918. The van der Waals surface area contributed by atoms with Gasteiger partial charge in [0.1, 0.15) is 10.3 Å². The van der Waals surface area contributed by atoms with E-state index >= 15 is 0 Å². The van der Waals surface area contributed by atoms with Crippen molar-refractivity contribution in [1.82, 2.24) is 15.2 Å². The van der Waals surface area contributed by atoms with Crippen molar-refractivity contribution in [3.05, 3.63) is 16.4 Å². The second-order valence-corrected chi connectivity index (χ2v) is 3.08. The topological polar surface area (TPSA) is 81.8 Å². The van der Waals surface area contributed by atoms with Gasteiger partial charge in [0, 0.05) is 0 Å². The van der Waals surface area contributed by atoms with Crippen LogP contribution in [0, 0.1) is 0 Å². The average Bonchev–Trinajstić information content (AvgIpc) is 2.53. The number of hydrogen-bond donors (Lipinski definition) is 3. The lowest BCUT2D eigenvalue weighted by Crippen LogP contribution is -1.95. The number of carboxylic acids is 1. The van der Waals surface area contributed by atoms with E-state index in [0.29, 0.717) is 10.3 Å². The molecule has 12 heavy (non-hydrogen) atoms. The fraction of sp³-hybridized carbons (Fsp3) is 0. The SMILES string of the molecule is O=C(O)c1cc2c(Br)[nH]nc2[nH]1. The van der Waals surface area contributed by atoms with Crippen LogP contribution in [0.2, 0.25) is 0 Å². The number of halogens is 1. The largest absolute Gasteiger partial charge is 0.477 e.